The standard InChI is InChI=1S/C11H17BrN2O/c1-3-14(9-8-12)10-6-5-7-11(13-10)15-4-2/h5-7H,3-4,8-9H2,1-2H3. The maximum Gasteiger partial charge on any atom is 0.215 e. The SMILES string of the molecule is CCOc1cccc(N(CC)CCBr)n1. The van der Waals surface area contributed by atoms with Crippen molar-refractivity contribution in [1.82, 2.24) is 4.98 Å². The maximum atomic E-state index is 5.37. The van der Waals surface area contributed by atoms with E-state index >= 15 is 0 Å². The lowest BCUT2D eigenvalue weighted by Gasteiger charge is -2.20. The molecule has 1 heterocycles. The molecule has 0 aliphatic rings. The van der Waals surface area contributed by atoms with E-state index in [0.717, 1.165) is 24.2 Å². The van der Waals surface area contributed by atoms with Gasteiger partial charge in [0.25, 0.3) is 0 Å². The van der Waals surface area contributed by atoms with Crippen LogP contribution in [0.3, 0.4) is 0 Å². The average molecular weight is 273 g/mol. The lowest BCUT2D eigenvalue weighted by molar-refractivity contribution is 0.327. The summed E-state index contributed by atoms with van der Waals surface area (Å²) in [6.07, 6.45) is 0. The number of anilines is 1. The van der Waals surface area contributed by atoms with Gasteiger partial charge in [0.15, 0.2) is 0 Å². The van der Waals surface area contributed by atoms with E-state index in [-0.39, 0.29) is 0 Å². The van der Waals surface area contributed by atoms with E-state index in [9.17, 15) is 0 Å². The Balaban J connectivity index is 2.77. The molecule has 1 aromatic rings. The van der Waals surface area contributed by atoms with Gasteiger partial charge in [-0.3, -0.25) is 0 Å². The average Bonchev–Trinajstić information content (AvgIpc) is 2.27. The van der Waals surface area contributed by atoms with Gasteiger partial charge >= 0.3 is 0 Å². The van der Waals surface area contributed by atoms with Gasteiger partial charge in [-0.25, -0.2) is 0 Å². The molecule has 0 bridgehead atoms. The molecule has 0 saturated heterocycles. The van der Waals surface area contributed by atoms with Crippen molar-refractivity contribution in [2.75, 3.05) is 29.9 Å². The molecule has 0 aliphatic heterocycles. The first-order valence-corrected chi connectivity index (χ1v) is 6.34. The summed E-state index contributed by atoms with van der Waals surface area (Å²) in [6, 6.07) is 5.87. The van der Waals surface area contributed by atoms with E-state index in [0.29, 0.717) is 12.5 Å². The number of hydrogen-bond acceptors (Lipinski definition) is 3. The van der Waals surface area contributed by atoms with E-state index in [1.54, 1.807) is 0 Å². The predicted molar refractivity (Wildman–Crippen MR) is 67.1 cm³/mol. The Morgan fingerprint density at radius 1 is 1.40 bits per heavy atom. The first-order valence-electron chi connectivity index (χ1n) is 5.22. The molecule has 3 nitrogen and oxygen atoms in total. The number of hydrogen-bond donors (Lipinski definition) is 0. The van der Waals surface area contributed by atoms with Crippen LogP contribution >= 0.6 is 15.9 Å². The number of aromatic nitrogens is 1. The Morgan fingerprint density at radius 3 is 2.80 bits per heavy atom. The van der Waals surface area contributed by atoms with Crippen molar-refractivity contribution < 1.29 is 4.74 Å². The van der Waals surface area contributed by atoms with Crippen LogP contribution in [0.25, 0.3) is 0 Å². The number of halogens is 1. The molecule has 0 spiro atoms. The Bertz CT molecular complexity index is 294. The molecule has 1 aromatic heterocycles. The fraction of sp³-hybridized carbons (Fsp3) is 0.545. The lowest BCUT2D eigenvalue weighted by atomic mass is 10.4. The van der Waals surface area contributed by atoms with E-state index in [1.807, 2.05) is 25.1 Å². The molecule has 0 aliphatic carbocycles. The largest absolute Gasteiger partial charge is 0.478 e. The van der Waals surface area contributed by atoms with Crippen molar-refractivity contribution in [3.63, 3.8) is 0 Å². The highest BCUT2D eigenvalue weighted by Gasteiger charge is 2.05. The Morgan fingerprint density at radius 2 is 2.20 bits per heavy atom. The molecule has 0 unspecified atom stereocenters. The number of rotatable bonds is 6. The highest BCUT2D eigenvalue weighted by Crippen LogP contribution is 2.15. The van der Waals surface area contributed by atoms with Crippen LogP contribution in [0.1, 0.15) is 13.8 Å². The van der Waals surface area contributed by atoms with Gasteiger partial charge in [0.05, 0.1) is 6.61 Å². The van der Waals surface area contributed by atoms with Crippen molar-refractivity contribution in [2.24, 2.45) is 0 Å². The number of pyridine rings is 1. The second-order valence-corrected chi connectivity index (χ2v) is 3.83. The molecule has 0 amide bonds. The van der Waals surface area contributed by atoms with Gasteiger partial charge in [-0.05, 0) is 19.9 Å². The number of alkyl halides is 1. The number of ether oxygens (including phenoxy) is 1. The zero-order chi connectivity index (χ0) is 11.1. The summed E-state index contributed by atoms with van der Waals surface area (Å²) in [5.74, 6) is 1.67. The third-order valence-electron chi connectivity index (χ3n) is 2.06. The maximum absolute atomic E-state index is 5.37. The third-order valence-corrected chi connectivity index (χ3v) is 2.42. The summed E-state index contributed by atoms with van der Waals surface area (Å²) in [5, 5.41) is 0.946. The van der Waals surface area contributed by atoms with Crippen molar-refractivity contribution in [2.45, 2.75) is 13.8 Å². The summed E-state index contributed by atoms with van der Waals surface area (Å²) in [5.41, 5.74) is 0. The summed E-state index contributed by atoms with van der Waals surface area (Å²) in [4.78, 5) is 6.64. The fourth-order valence-corrected chi connectivity index (χ4v) is 1.77. The van der Waals surface area contributed by atoms with E-state index in [4.69, 9.17) is 4.74 Å². The Labute approximate surface area is 99.6 Å². The van der Waals surface area contributed by atoms with Crippen LogP contribution in [0, 0.1) is 0 Å². The molecule has 0 radical (unpaired) electrons. The quantitative estimate of drug-likeness (QED) is 0.745. The topological polar surface area (TPSA) is 25.4 Å². The van der Waals surface area contributed by atoms with E-state index < -0.39 is 0 Å². The third kappa shape index (κ3) is 3.70. The minimum absolute atomic E-state index is 0.654. The summed E-state index contributed by atoms with van der Waals surface area (Å²) in [7, 11) is 0. The highest BCUT2D eigenvalue weighted by atomic mass is 79.9. The molecule has 0 atom stereocenters. The second-order valence-electron chi connectivity index (χ2n) is 3.04. The lowest BCUT2D eigenvalue weighted by Crippen LogP contribution is -2.25. The van der Waals surface area contributed by atoms with Crippen molar-refractivity contribution >= 4 is 21.7 Å². The zero-order valence-corrected chi connectivity index (χ0v) is 10.8. The van der Waals surface area contributed by atoms with Crippen molar-refractivity contribution in [3.8, 4) is 5.88 Å². The number of nitrogens with zero attached hydrogens (tertiary/aromatic N) is 2. The van der Waals surface area contributed by atoms with Crippen molar-refractivity contribution in [3.05, 3.63) is 18.2 Å². The Hall–Kier alpha value is -0.770. The van der Waals surface area contributed by atoms with E-state index in [2.05, 4.69) is 32.7 Å². The fourth-order valence-electron chi connectivity index (χ4n) is 1.35. The van der Waals surface area contributed by atoms with Crippen molar-refractivity contribution in [1.29, 1.82) is 0 Å². The minimum Gasteiger partial charge on any atom is -0.478 e. The van der Waals surface area contributed by atoms with Gasteiger partial charge in [0.1, 0.15) is 5.82 Å². The van der Waals surface area contributed by atoms with Gasteiger partial charge in [-0.2, -0.15) is 4.98 Å². The van der Waals surface area contributed by atoms with Gasteiger partial charge in [-0.1, -0.05) is 22.0 Å². The van der Waals surface area contributed by atoms with Gasteiger partial charge in [-0.15, -0.1) is 0 Å². The van der Waals surface area contributed by atoms with Crippen LogP contribution in [0.5, 0.6) is 5.88 Å². The monoisotopic (exact) mass is 272 g/mol. The van der Waals surface area contributed by atoms with Crippen LogP contribution in [0.2, 0.25) is 0 Å². The molecule has 1 rings (SSSR count). The van der Waals surface area contributed by atoms with Gasteiger partial charge < -0.3 is 9.64 Å². The molecule has 0 N–H and O–H groups in total. The zero-order valence-electron chi connectivity index (χ0n) is 9.24. The molecule has 0 saturated carbocycles. The first kappa shape index (κ1) is 12.3. The molecule has 84 valence electrons. The molecule has 4 heteroatoms. The predicted octanol–water partition coefficient (Wildman–Crippen LogP) is 2.70. The molecule has 0 aromatic carbocycles. The van der Waals surface area contributed by atoms with Crippen LogP contribution in [-0.4, -0.2) is 30.0 Å². The first-order chi connectivity index (χ1) is 7.31. The Kier molecular flexibility index (Phi) is 5.47. The van der Waals surface area contributed by atoms with E-state index in [1.165, 1.54) is 0 Å². The van der Waals surface area contributed by atoms with Crippen LogP contribution in [0.15, 0.2) is 18.2 Å². The molecule has 15 heavy (non-hydrogen) atoms. The van der Waals surface area contributed by atoms with Crippen LogP contribution in [-0.2, 0) is 0 Å². The molecular weight excluding hydrogens is 256 g/mol. The summed E-state index contributed by atoms with van der Waals surface area (Å²) >= 11 is 3.44. The van der Waals surface area contributed by atoms with Gasteiger partial charge in [0.2, 0.25) is 5.88 Å². The van der Waals surface area contributed by atoms with Gasteiger partial charge in [0, 0.05) is 24.5 Å². The molecule has 0 fully saturated rings. The second kappa shape index (κ2) is 6.67. The van der Waals surface area contributed by atoms with Crippen LogP contribution in [0.4, 0.5) is 5.82 Å². The normalized spacial score (nSPS) is 10.1. The van der Waals surface area contributed by atoms with Crippen LogP contribution < -0.4 is 9.64 Å². The minimum atomic E-state index is 0.654. The summed E-state index contributed by atoms with van der Waals surface area (Å²) in [6.45, 7) is 6.65. The highest BCUT2D eigenvalue weighted by molar-refractivity contribution is 9.09. The smallest absolute Gasteiger partial charge is 0.215 e. The molecular formula is C11H17BrN2O. The summed E-state index contributed by atoms with van der Waals surface area (Å²) < 4.78 is 5.37.